The normalized spacial score (nSPS) is 30.7. The first-order chi connectivity index (χ1) is 11.8. The van der Waals surface area contributed by atoms with E-state index in [2.05, 4.69) is 6.58 Å². The van der Waals surface area contributed by atoms with Gasteiger partial charge in [-0.2, -0.15) is 5.06 Å². The second-order valence-electron chi connectivity index (χ2n) is 9.13. The number of amides is 1. The minimum Gasteiger partial charge on any atom is -0.460 e. The van der Waals surface area contributed by atoms with Gasteiger partial charge in [-0.3, -0.25) is 10.0 Å². The van der Waals surface area contributed by atoms with Crippen molar-refractivity contribution in [2.75, 3.05) is 0 Å². The Hall–Kier alpha value is -1.82. The number of hydrogen-bond acceptors (Lipinski definition) is 5. The highest BCUT2D eigenvalue weighted by atomic mass is 16.6. The number of rotatable bonds is 3. The molecule has 0 radical (unpaired) electrons. The maximum atomic E-state index is 12.6. The second-order valence-corrected chi connectivity index (χ2v) is 9.13. The number of carbonyl (C=O) groups excluding carboxylic acids is 2. The van der Waals surface area contributed by atoms with Crippen molar-refractivity contribution in [2.45, 2.75) is 65.2 Å². The summed E-state index contributed by atoms with van der Waals surface area (Å²) in [5.41, 5.74) is -1.26. The summed E-state index contributed by atoms with van der Waals surface area (Å²) in [4.78, 5) is 24.9. The van der Waals surface area contributed by atoms with Crippen LogP contribution in [0.4, 0.5) is 4.79 Å². The van der Waals surface area contributed by atoms with Gasteiger partial charge in [0.25, 0.3) is 0 Å². The molecule has 3 aliphatic carbocycles. The summed E-state index contributed by atoms with van der Waals surface area (Å²) >= 11 is 0. The van der Waals surface area contributed by atoms with Crippen molar-refractivity contribution >= 4 is 12.1 Å². The fourth-order valence-corrected chi connectivity index (χ4v) is 3.80. The lowest BCUT2D eigenvalue weighted by molar-refractivity contribution is -0.175. The minimum absolute atomic E-state index is 0.168. The quantitative estimate of drug-likeness (QED) is 0.355. The van der Waals surface area contributed by atoms with E-state index in [-0.39, 0.29) is 29.6 Å². The number of fused-ring (bicyclic) bond motifs is 2. The van der Waals surface area contributed by atoms with Crippen LogP contribution in [0.25, 0.3) is 0 Å². The number of hydrogen-bond donors (Lipinski definition) is 1. The Morgan fingerprint density at radius 3 is 2.19 bits per heavy atom. The van der Waals surface area contributed by atoms with Gasteiger partial charge >= 0.3 is 12.1 Å². The zero-order valence-electron chi connectivity index (χ0n) is 16.6. The van der Waals surface area contributed by atoms with Crippen LogP contribution in [0.1, 0.15) is 48.0 Å². The monoisotopic (exact) mass is 365 g/mol. The third-order valence-electron chi connectivity index (χ3n) is 4.69. The van der Waals surface area contributed by atoms with E-state index in [0.29, 0.717) is 11.5 Å². The Morgan fingerprint density at radius 2 is 1.69 bits per heavy atom. The molecule has 0 aromatic rings. The molecule has 6 heteroatoms. The summed E-state index contributed by atoms with van der Waals surface area (Å²) in [5.74, 6) is -1.15. The third kappa shape index (κ3) is 4.47. The average Bonchev–Trinajstić information content (AvgIpc) is 2.50. The van der Waals surface area contributed by atoms with Crippen molar-refractivity contribution in [1.29, 1.82) is 0 Å². The molecule has 1 unspecified atom stereocenters. The number of allylic oxidation sites excluding steroid dienone is 1. The lowest BCUT2D eigenvalue weighted by Gasteiger charge is -2.49. The van der Waals surface area contributed by atoms with Crippen LogP contribution in [-0.2, 0) is 14.3 Å². The van der Waals surface area contributed by atoms with Crippen molar-refractivity contribution in [3.05, 3.63) is 24.8 Å². The van der Waals surface area contributed by atoms with Crippen LogP contribution in [0.3, 0.4) is 0 Å². The smallest absolute Gasteiger partial charge is 0.434 e. The fourth-order valence-electron chi connectivity index (χ4n) is 3.80. The van der Waals surface area contributed by atoms with E-state index in [1.165, 1.54) is 0 Å². The first-order valence-electron chi connectivity index (χ1n) is 9.09. The van der Waals surface area contributed by atoms with Crippen molar-refractivity contribution in [1.82, 2.24) is 5.06 Å². The molecular formula is C20H31NO5. The number of esters is 1. The first-order valence-corrected chi connectivity index (χ1v) is 9.09. The highest BCUT2D eigenvalue weighted by molar-refractivity contribution is 5.74. The van der Waals surface area contributed by atoms with E-state index in [1.54, 1.807) is 26.8 Å². The highest BCUT2D eigenvalue weighted by Crippen LogP contribution is 2.47. The number of hydroxylamine groups is 2. The molecule has 0 aliphatic heterocycles. The van der Waals surface area contributed by atoms with Gasteiger partial charge < -0.3 is 9.47 Å². The number of nitrogens with zero attached hydrogens (tertiary/aromatic N) is 1. The van der Waals surface area contributed by atoms with E-state index in [4.69, 9.17) is 9.47 Å². The molecule has 1 saturated carbocycles. The van der Waals surface area contributed by atoms with Gasteiger partial charge in [0.15, 0.2) is 0 Å². The summed E-state index contributed by atoms with van der Waals surface area (Å²) in [6, 6.07) is -0.504. The Bertz CT molecular complexity index is 598. The molecule has 0 aromatic heterocycles. The van der Waals surface area contributed by atoms with Gasteiger partial charge in [0, 0.05) is 11.8 Å². The second kappa shape index (κ2) is 7.06. The highest BCUT2D eigenvalue weighted by Gasteiger charge is 2.51. The van der Waals surface area contributed by atoms with Crippen LogP contribution in [0, 0.1) is 23.7 Å². The van der Waals surface area contributed by atoms with Crippen molar-refractivity contribution in [3.8, 4) is 0 Å². The summed E-state index contributed by atoms with van der Waals surface area (Å²) in [6.07, 6.45) is 5.38. The van der Waals surface area contributed by atoms with Crippen LogP contribution in [0.15, 0.2) is 24.8 Å². The van der Waals surface area contributed by atoms with Gasteiger partial charge in [-0.15, -0.1) is 6.58 Å². The molecule has 2 bridgehead atoms. The topological polar surface area (TPSA) is 76.1 Å². The molecule has 0 heterocycles. The molecular weight excluding hydrogens is 334 g/mol. The predicted molar refractivity (Wildman–Crippen MR) is 97.4 cm³/mol. The van der Waals surface area contributed by atoms with Gasteiger partial charge in [0.05, 0.1) is 12.0 Å². The lowest BCUT2D eigenvalue weighted by Crippen LogP contribution is -2.56. The van der Waals surface area contributed by atoms with Gasteiger partial charge in [-0.1, -0.05) is 18.2 Å². The molecule has 0 aromatic carbocycles. The molecule has 3 aliphatic rings. The average molecular weight is 365 g/mol. The zero-order chi connectivity index (χ0) is 19.9. The van der Waals surface area contributed by atoms with E-state index in [0.717, 1.165) is 0 Å². The van der Waals surface area contributed by atoms with Crippen molar-refractivity contribution in [3.63, 3.8) is 0 Å². The first kappa shape index (κ1) is 20.5. The minimum atomic E-state index is -0.788. The summed E-state index contributed by atoms with van der Waals surface area (Å²) in [5, 5.41) is 11.2. The predicted octanol–water partition coefficient (Wildman–Crippen LogP) is 3.95. The Kier molecular flexibility index (Phi) is 5.57. The standard InChI is InChI=1S/C20H31NO5/c1-8-13-14-10-9-12(11-15(14)17(22)25-19(2,3)4)16(13)21(24)18(23)26-20(5,6)7/h8-10,12-16,24H,1,11H2,2-7H3/t12-,13-,14-,15?,16-/m1/s1. The molecule has 26 heavy (non-hydrogen) atoms. The fraction of sp³-hybridized carbons (Fsp3) is 0.700. The summed E-state index contributed by atoms with van der Waals surface area (Å²) in [6.45, 7) is 14.6. The molecule has 1 fully saturated rings. The molecule has 5 atom stereocenters. The van der Waals surface area contributed by atoms with Gasteiger partial charge in [0.1, 0.15) is 11.2 Å². The molecule has 6 nitrogen and oxygen atoms in total. The van der Waals surface area contributed by atoms with Gasteiger partial charge in [-0.25, -0.2) is 4.79 Å². The lowest BCUT2D eigenvalue weighted by atomic mass is 9.60. The number of carbonyl (C=O) groups is 2. The van der Waals surface area contributed by atoms with E-state index in [9.17, 15) is 14.8 Å². The third-order valence-corrected chi connectivity index (χ3v) is 4.69. The van der Waals surface area contributed by atoms with E-state index < -0.39 is 23.3 Å². The van der Waals surface area contributed by atoms with E-state index >= 15 is 0 Å². The van der Waals surface area contributed by atoms with Crippen LogP contribution in [-0.4, -0.2) is 39.6 Å². The molecule has 146 valence electrons. The van der Waals surface area contributed by atoms with Crippen LogP contribution in [0.2, 0.25) is 0 Å². The van der Waals surface area contributed by atoms with Gasteiger partial charge in [-0.05, 0) is 53.9 Å². The molecule has 0 spiro atoms. The van der Waals surface area contributed by atoms with Crippen LogP contribution < -0.4 is 0 Å². The Labute approximate surface area is 155 Å². The molecule has 0 saturated heterocycles. The number of ether oxygens (including phenoxy) is 2. The molecule has 3 rings (SSSR count). The van der Waals surface area contributed by atoms with Crippen LogP contribution in [0.5, 0.6) is 0 Å². The molecule has 1 amide bonds. The Balaban J connectivity index is 2.19. The van der Waals surface area contributed by atoms with Gasteiger partial charge in [0.2, 0.25) is 0 Å². The van der Waals surface area contributed by atoms with Crippen LogP contribution >= 0.6 is 0 Å². The SMILES string of the molecule is C=C[C@H]1[C@H](N(O)C(=O)OC(C)(C)C)[C@@H]2C=C[C@H]1C(C(=O)OC(C)(C)C)C2. The van der Waals surface area contributed by atoms with Crippen molar-refractivity contribution in [2.24, 2.45) is 23.7 Å². The maximum Gasteiger partial charge on any atom is 0.434 e. The summed E-state index contributed by atoms with van der Waals surface area (Å²) in [7, 11) is 0. The Morgan fingerprint density at radius 1 is 1.12 bits per heavy atom. The summed E-state index contributed by atoms with van der Waals surface area (Å²) < 4.78 is 10.8. The maximum absolute atomic E-state index is 12.6. The van der Waals surface area contributed by atoms with E-state index in [1.807, 2.05) is 32.9 Å². The molecule has 1 N–H and O–H groups in total. The van der Waals surface area contributed by atoms with Crippen molar-refractivity contribution < 1.29 is 24.3 Å². The largest absolute Gasteiger partial charge is 0.460 e. The zero-order valence-corrected chi connectivity index (χ0v) is 16.6.